The third-order valence-corrected chi connectivity index (χ3v) is 1.98. The van der Waals surface area contributed by atoms with Crippen LogP contribution in [0.4, 0.5) is 0 Å². The van der Waals surface area contributed by atoms with E-state index in [4.69, 9.17) is 19.9 Å². The van der Waals surface area contributed by atoms with Gasteiger partial charge < -0.3 is 10.2 Å². The Hall–Kier alpha value is -0.200. The van der Waals surface area contributed by atoms with E-state index in [0.29, 0.717) is 13.2 Å². The molecular weight excluding hydrogens is 210 g/mol. The summed E-state index contributed by atoms with van der Waals surface area (Å²) in [6, 6.07) is 0. The van der Waals surface area contributed by atoms with Crippen molar-refractivity contribution in [3.8, 4) is 0 Å². The minimum absolute atomic E-state index is 0.203. The van der Waals surface area contributed by atoms with Crippen LogP contribution in [-0.4, -0.2) is 48.4 Å². The first-order valence-electron chi connectivity index (χ1n) is 6.10. The summed E-state index contributed by atoms with van der Waals surface area (Å²) in [6.07, 6.45) is 4.13. The predicted octanol–water partition coefficient (Wildman–Crippen LogP) is 1.11. The van der Waals surface area contributed by atoms with Gasteiger partial charge in [0.2, 0.25) is 0 Å². The van der Waals surface area contributed by atoms with Crippen molar-refractivity contribution in [2.45, 2.75) is 39.0 Å². The van der Waals surface area contributed by atoms with Crippen molar-refractivity contribution < 1.29 is 19.9 Å². The fourth-order valence-electron chi connectivity index (χ4n) is 1.11. The molecular formula is C11H25NO4. The summed E-state index contributed by atoms with van der Waals surface area (Å²) in [5, 5.41) is 18.7. The lowest BCUT2D eigenvalue weighted by molar-refractivity contribution is -0.368. The van der Waals surface area contributed by atoms with Gasteiger partial charge in [-0.25, -0.2) is 0 Å². The van der Waals surface area contributed by atoms with Gasteiger partial charge >= 0.3 is 0 Å². The van der Waals surface area contributed by atoms with E-state index in [-0.39, 0.29) is 13.2 Å². The molecule has 0 aromatic heterocycles. The number of aliphatic hydroxyl groups is 2. The molecule has 5 nitrogen and oxygen atoms in total. The van der Waals surface area contributed by atoms with E-state index in [1.54, 1.807) is 0 Å². The lowest BCUT2D eigenvalue weighted by Gasteiger charge is -2.20. The molecule has 0 fully saturated rings. The van der Waals surface area contributed by atoms with Crippen LogP contribution in [0.5, 0.6) is 0 Å². The lowest BCUT2D eigenvalue weighted by atomic mass is 10.3. The Labute approximate surface area is 97.9 Å². The molecule has 16 heavy (non-hydrogen) atoms. The smallest absolute Gasteiger partial charge is 0.0712 e. The van der Waals surface area contributed by atoms with E-state index in [1.165, 1.54) is 5.23 Å². The van der Waals surface area contributed by atoms with Gasteiger partial charge in [-0.2, -0.15) is 0 Å². The van der Waals surface area contributed by atoms with E-state index in [0.717, 1.165) is 38.6 Å². The van der Waals surface area contributed by atoms with Gasteiger partial charge in [-0.15, -0.1) is 0 Å². The Balaban J connectivity index is 3.45. The van der Waals surface area contributed by atoms with Crippen LogP contribution in [0.15, 0.2) is 0 Å². The Morgan fingerprint density at radius 1 is 0.875 bits per heavy atom. The highest BCUT2D eigenvalue weighted by atomic mass is 16.9. The van der Waals surface area contributed by atoms with Crippen molar-refractivity contribution in [3.63, 3.8) is 0 Å². The molecule has 0 radical (unpaired) electrons. The highest BCUT2D eigenvalue weighted by molar-refractivity contribution is 4.37. The summed E-state index contributed by atoms with van der Waals surface area (Å²) in [6.45, 7) is 4.34. The van der Waals surface area contributed by atoms with Crippen molar-refractivity contribution in [2.24, 2.45) is 0 Å². The maximum absolute atomic E-state index is 8.61. The SMILES string of the molecule is CCCN(OCCCCO)OCCCCO. The molecule has 0 saturated heterocycles. The van der Waals surface area contributed by atoms with Crippen LogP contribution in [0.1, 0.15) is 39.0 Å². The summed E-state index contributed by atoms with van der Waals surface area (Å²) >= 11 is 0. The van der Waals surface area contributed by atoms with Crippen LogP contribution in [0.2, 0.25) is 0 Å². The van der Waals surface area contributed by atoms with Gasteiger partial charge in [0.15, 0.2) is 0 Å². The molecule has 98 valence electrons. The number of nitrogens with zero attached hydrogens (tertiary/aromatic N) is 1. The molecule has 2 N–H and O–H groups in total. The molecule has 0 saturated carbocycles. The molecule has 0 aliphatic rings. The van der Waals surface area contributed by atoms with Crippen LogP contribution in [-0.2, 0) is 9.68 Å². The van der Waals surface area contributed by atoms with Gasteiger partial charge in [0.1, 0.15) is 0 Å². The normalized spacial score (nSPS) is 11.2. The van der Waals surface area contributed by atoms with Crippen molar-refractivity contribution in [2.75, 3.05) is 33.0 Å². The zero-order chi connectivity index (χ0) is 12.1. The third kappa shape index (κ3) is 10.3. The van der Waals surface area contributed by atoms with Crippen molar-refractivity contribution in [3.05, 3.63) is 0 Å². The lowest BCUT2D eigenvalue weighted by Crippen LogP contribution is -2.26. The summed E-state index contributed by atoms with van der Waals surface area (Å²) in [5.41, 5.74) is 0. The summed E-state index contributed by atoms with van der Waals surface area (Å²) in [5.74, 6) is 0. The molecule has 0 rings (SSSR count). The molecule has 0 aromatic carbocycles. The first-order chi connectivity index (χ1) is 7.85. The van der Waals surface area contributed by atoms with Crippen LogP contribution in [0, 0.1) is 0 Å². The second-order valence-corrected chi connectivity index (χ2v) is 3.58. The largest absolute Gasteiger partial charge is 0.396 e. The molecule has 0 aliphatic carbocycles. The Morgan fingerprint density at radius 2 is 1.38 bits per heavy atom. The second-order valence-electron chi connectivity index (χ2n) is 3.58. The average Bonchev–Trinajstić information content (AvgIpc) is 2.30. The number of hydroxylamine groups is 2. The highest BCUT2D eigenvalue weighted by Crippen LogP contribution is 2.00. The minimum atomic E-state index is 0.203. The number of unbranched alkanes of at least 4 members (excludes halogenated alkanes) is 2. The maximum Gasteiger partial charge on any atom is 0.0712 e. The zero-order valence-corrected chi connectivity index (χ0v) is 10.2. The average molecular weight is 235 g/mol. The van der Waals surface area contributed by atoms with Crippen molar-refractivity contribution >= 4 is 0 Å². The molecule has 0 bridgehead atoms. The molecule has 0 spiro atoms. The number of hydrogen-bond acceptors (Lipinski definition) is 5. The number of rotatable bonds is 12. The molecule has 0 aliphatic heterocycles. The Morgan fingerprint density at radius 3 is 1.75 bits per heavy atom. The summed E-state index contributed by atoms with van der Waals surface area (Å²) in [4.78, 5) is 10.8. The van der Waals surface area contributed by atoms with Gasteiger partial charge in [-0.3, -0.25) is 9.68 Å². The van der Waals surface area contributed by atoms with E-state index < -0.39 is 0 Å². The molecule has 0 amide bonds. The van der Waals surface area contributed by atoms with Gasteiger partial charge in [0.25, 0.3) is 0 Å². The maximum atomic E-state index is 8.61. The second kappa shape index (κ2) is 12.9. The fraction of sp³-hybridized carbons (Fsp3) is 1.00. The summed E-state index contributed by atoms with van der Waals surface area (Å²) in [7, 11) is 0. The molecule has 0 unspecified atom stereocenters. The quantitative estimate of drug-likeness (QED) is 0.392. The van der Waals surface area contributed by atoms with Crippen LogP contribution >= 0.6 is 0 Å². The number of hydrogen-bond donors (Lipinski definition) is 2. The van der Waals surface area contributed by atoms with E-state index in [1.807, 2.05) is 0 Å². The Bertz CT molecular complexity index is 123. The van der Waals surface area contributed by atoms with E-state index in [2.05, 4.69) is 6.92 Å². The van der Waals surface area contributed by atoms with Gasteiger partial charge in [-0.1, -0.05) is 12.2 Å². The van der Waals surface area contributed by atoms with Gasteiger partial charge in [0, 0.05) is 13.2 Å². The molecule has 0 atom stereocenters. The third-order valence-electron chi connectivity index (χ3n) is 1.98. The topological polar surface area (TPSA) is 62.2 Å². The summed E-state index contributed by atoms with van der Waals surface area (Å²) < 4.78 is 0. The molecule has 5 heteroatoms. The monoisotopic (exact) mass is 235 g/mol. The fourth-order valence-corrected chi connectivity index (χ4v) is 1.11. The van der Waals surface area contributed by atoms with E-state index >= 15 is 0 Å². The van der Waals surface area contributed by atoms with Gasteiger partial charge in [0.05, 0.1) is 19.8 Å². The molecule has 0 aromatic rings. The van der Waals surface area contributed by atoms with E-state index in [9.17, 15) is 0 Å². The van der Waals surface area contributed by atoms with Crippen LogP contribution in [0.3, 0.4) is 0 Å². The number of aliphatic hydroxyl groups excluding tert-OH is 2. The van der Waals surface area contributed by atoms with Crippen LogP contribution in [0.25, 0.3) is 0 Å². The first-order valence-corrected chi connectivity index (χ1v) is 6.10. The van der Waals surface area contributed by atoms with Crippen LogP contribution < -0.4 is 0 Å². The van der Waals surface area contributed by atoms with Crippen molar-refractivity contribution in [1.29, 1.82) is 0 Å². The standard InChI is InChI=1S/C11H25NO4/c1-2-7-12(15-10-5-3-8-13)16-11-6-4-9-14/h13-14H,2-11H2,1H3. The Kier molecular flexibility index (Phi) is 12.7. The predicted molar refractivity (Wildman–Crippen MR) is 61.5 cm³/mol. The minimum Gasteiger partial charge on any atom is -0.396 e. The zero-order valence-electron chi connectivity index (χ0n) is 10.2. The highest BCUT2D eigenvalue weighted by Gasteiger charge is 2.04. The van der Waals surface area contributed by atoms with Gasteiger partial charge in [-0.05, 0) is 32.1 Å². The first kappa shape index (κ1) is 15.8. The van der Waals surface area contributed by atoms with Crippen molar-refractivity contribution in [1.82, 2.24) is 5.23 Å². The molecule has 0 heterocycles.